The third-order valence-electron chi connectivity index (χ3n) is 14.7. The molecule has 4 atom stereocenters. The van der Waals surface area contributed by atoms with E-state index in [-0.39, 0.29) is 83.9 Å². The van der Waals surface area contributed by atoms with Crippen LogP contribution >= 0.6 is 22.7 Å². The third kappa shape index (κ3) is 11.5. The van der Waals surface area contributed by atoms with Crippen LogP contribution in [0.2, 0.25) is 0 Å². The highest BCUT2D eigenvalue weighted by molar-refractivity contribution is 7.21. The Labute approximate surface area is 483 Å². The number of aromatic nitrogens is 10. The second-order valence-electron chi connectivity index (χ2n) is 19.6. The van der Waals surface area contributed by atoms with Gasteiger partial charge in [0.05, 0.1) is 89.3 Å². The summed E-state index contributed by atoms with van der Waals surface area (Å²) in [6.45, 7) is 7.99. The maximum atomic E-state index is 14.5. The van der Waals surface area contributed by atoms with Crippen LogP contribution in [0.5, 0.6) is 11.5 Å². The molecule has 1 N–H and O–H groups in total. The van der Waals surface area contributed by atoms with Crippen molar-refractivity contribution in [1.29, 1.82) is 0 Å². The summed E-state index contributed by atoms with van der Waals surface area (Å²) in [4.78, 5) is 87.8. The van der Waals surface area contributed by atoms with Crippen LogP contribution in [0.4, 0.5) is 8.78 Å². The average Bonchev–Trinajstić information content (AvgIpc) is 4.04. The fourth-order valence-corrected chi connectivity index (χ4v) is 12.7. The molecular weight excluding hydrogens is 1120 g/mol. The van der Waals surface area contributed by atoms with Crippen LogP contribution in [0, 0.1) is 25.5 Å². The van der Waals surface area contributed by atoms with Gasteiger partial charge in [-0.1, -0.05) is 37.5 Å². The number of halogens is 2. The fraction of sp³-hybridized carbons (Fsp3) is 0.455. The SMILES string of the molecule is C.C.COCCO[C@@H](Cn1c(=O)n([C@]2(C)CCN(C)C2=O)c(=O)c2c(C)c(-n3nccn3)sc21)c1cc(F)ccc1OC.COCCO[C@@H](Cn1c(=O)n([C@]2(C)CCNC2=O)c(=O)c2c(C)c(-n3nccn3)sc21)c1cc(F)ccc1OC. The number of carbonyl (C=O) groups is 2. The number of thiophene rings is 2. The number of hydrogen-bond donors (Lipinski definition) is 1. The van der Waals surface area contributed by atoms with E-state index in [0.717, 1.165) is 9.13 Å². The van der Waals surface area contributed by atoms with Gasteiger partial charge in [-0.05, 0) is 76.9 Å². The van der Waals surface area contributed by atoms with Crippen molar-refractivity contribution in [2.45, 2.75) is 91.8 Å². The van der Waals surface area contributed by atoms with Crippen LogP contribution < -0.4 is 37.3 Å². The molecule has 28 heteroatoms. The summed E-state index contributed by atoms with van der Waals surface area (Å²) >= 11 is 2.34. The van der Waals surface area contributed by atoms with Gasteiger partial charge in [-0.2, -0.15) is 20.4 Å². The van der Waals surface area contributed by atoms with Crippen molar-refractivity contribution in [3.63, 3.8) is 0 Å². The molecule has 24 nitrogen and oxygen atoms in total. The van der Waals surface area contributed by atoms with Crippen molar-refractivity contribution < 1.29 is 46.8 Å². The number of carbonyl (C=O) groups excluding carboxylic acids is 2. The van der Waals surface area contributed by atoms with E-state index in [2.05, 4.69) is 25.7 Å². The molecule has 0 saturated carbocycles. The van der Waals surface area contributed by atoms with Gasteiger partial charge in [-0.25, -0.2) is 27.5 Å². The molecule has 2 aromatic carbocycles. The molecule has 0 radical (unpaired) electrons. The Hall–Kier alpha value is -7.76. The van der Waals surface area contributed by atoms with Crippen molar-refractivity contribution in [3.05, 3.63) is 137 Å². The minimum Gasteiger partial charge on any atom is -0.496 e. The Morgan fingerprint density at radius 3 is 1.41 bits per heavy atom. The lowest BCUT2D eigenvalue weighted by Gasteiger charge is -2.27. The molecule has 0 bridgehead atoms. The highest BCUT2D eigenvalue weighted by Gasteiger charge is 2.47. The summed E-state index contributed by atoms with van der Waals surface area (Å²) in [5, 5.41) is 21.2. The van der Waals surface area contributed by atoms with Gasteiger partial charge in [-0.15, -0.1) is 9.59 Å². The molecule has 10 rings (SSSR count). The van der Waals surface area contributed by atoms with E-state index in [9.17, 15) is 37.5 Å². The monoisotopic (exact) mass is 1190 g/mol. The molecule has 83 heavy (non-hydrogen) atoms. The zero-order chi connectivity index (χ0) is 58.1. The fourth-order valence-electron chi connectivity index (χ4n) is 10.3. The second kappa shape index (κ2) is 25.8. The van der Waals surface area contributed by atoms with E-state index in [1.54, 1.807) is 34.7 Å². The molecule has 6 aromatic heterocycles. The number of aryl methyl sites for hydroxylation is 2. The number of nitrogens with one attached hydrogen (secondary N) is 1. The molecule has 0 spiro atoms. The molecule has 0 aliphatic carbocycles. The van der Waals surface area contributed by atoms with Gasteiger partial charge in [-0.3, -0.25) is 28.3 Å². The van der Waals surface area contributed by atoms with E-state index in [1.165, 1.54) is 136 Å². The summed E-state index contributed by atoms with van der Waals surface area (Å²) in [5.41, 5.74) is -3.41. The van der Waals surface area contributed by atoms with Crippen LogP contribution in [0.25, 0.3) is 30.4 Å². The Bertz CT molecular complexity index is 3890. The molecule has 0 unspecified atom stereocenters. The van der Waals surface area contributed by atoms with Gasteiger partial charge in [0.1, 0.15) is 66.1 Å². The second-order valence-corrected chi connectivity index (χ2v) is 21.6. The molecular formula is C55H68F2N12O12S2. The van der Waals surface area contributed by atoms with Gasteiger partial charge in [0.15, 0.2) is 0 Å². The van der Waals surface area contributed by atoms with E-state index >= 15 is 0 Å². The van der Waals surface area contributed by atoms with E-state index < -0.39 is 63.3 Å². The van der Waals surface area contributed by atoms with Gasteiger partial charge < -0.3 is 38.6 Å². The van der Waals surface area contributed by atoms with E-state index in [1.807, 2.05) is 0 Å². The number of benzene rings is 2. The van der Waals surface area contributed by atoms with Crippen LogP contribution in [0.3, 0.4) is 0 Å². The van der Waals surface area contributed by atoms with Crippen LogP contribution in [0.15, 0.2) is 80.4 Å². The Morgan fingerprint density at radius 1 is 0.627 bits per heavy atom. The molecule has 8 aromatic rings. The van der Waals surface area contributed by atoms with Crippen molar-refractivity contribution in [2.75, 3.05) is 75.0 Å². The van der Waals surface area contributed by atoms with Crippen LogP contribution in [0.1, 0.15) is 76.0 Å². The number of methoxy groups -OCH3 is 4. The van der Waals surface area contributed by atoms with E-state index in [4.69, 9.17) is 28.4 Å². The summed E-state index contributed by atoms with van der Waals surface area (Å²) in [7, 11) is 7.61. The molecule has 8 heterocycles. The molecule has 2 fully saturated rings. The number of likely N-dealkylation sites (tertiary alicyclic amines) is 1. The zero-order valence-electron chi connectivity index (χ0n) is 45.9. The smallest absolute Gasteiger partial charge is 0.333 e. The predicted molar refractivity (Wildman–Crippen MR) is 308 cm³/mol. The number of ether oxygens (including phenoxy) is 6. The quantitative estimate of drug-likeness (QED) is 0.0936. The summed E-state index contributed by atoms with van der Waals surface area (Å²) in [6.07, 6.45) is 4.85. The van der Waals surface area contributed by atoms with Crippen molar-refractivity contribution in [2.24, 2.45) is 0 Å². The number of rotatable bonds is 20. The first kappa shape index (κ1) is 62.8. The lowest BCUT2D eigenvalue weighted by molar-refractivity contribution is -0.133. The summed E-state index contributed by atoms with van der Waals surface area (Å²) in [6, 6.07) is 8.10. The number of fused-ring (bicyclic) bond motifs is 2. The highest BCUT2D eigenvalue weighted by Crippen LogP contribution is 2.38. The Morgan fingerprint density at radius 2 is 1.05 bits per heavy atom. The lowest BCUT2D eigenvalue weighted by Crippen LogP contribution is -2.53. The average molecular weight is 1190 g/mol. The molecule has 2 aliphatic heterocycles. The number of hydrogen-bond acceptors (Lipinski definition) is 18. The molecule has 2 aliphatic rings. The van der Waals surface area contributed by atoms with Crippen molar-refractivity contribution in [1.82, 2.24) is 58.5 Å². The third-order valence-corrected chi connectivity index (χ3v) is 17.2. The van der Waals surface area contributed by atoms with Crippen LogP contribution in [-0.2, 0) is 52.7 Å². The lowest BCUT2D eigenvalue weighted by atomic mass is 10.00. The maximum absolute atomic E-state index is 14.5. The summed E-state index contributed by atoms with van der Waals surface area (Å²) < 4.78 is 67.3. The first-order chi connectivity index (χ1) is 38.8. The first-order valence-electron chi connectivity index (χ1n) is 25.6. The summed E-state index contributed by atoms with van der Waals surface area (Å²) in [5.74, 6) is -1.02. The number of nitrogens with zero attached hydrogens (tertiary/aromatic N) is 11. The minimum absolute atomic E-state index is 0. The number of amides is 2. The van der Waals surface area contributed by atoms with Gasteiger partial charge in [0.2, 0.25) is 11.8 Å². The van der Waals surface area contributed by atoms with Crippen LogP contribution in [-0.4, -0.2) is 140 Å². The number of likely N-dealkylation sites (N-methyl/N-ethyl adjacent to an activating group) is 1. The van der Waals surface area contributed by atoms with E-state index in [0.29, 0.717) is 66.5 Å². The molecule has 2 amide bonds. The maximum Gasteiger partial charge on any atom is 0.333 e. The Kier molecular flexibility index (Phi) is 19.5. The van der Waals surface area contributed by atoms with Gasteiger partial charge in [0.25, 0.3) is 11.1 Å². The zero-order valence-corrected chi connectivity index (χ0v) is 47.5. The van der Waals surface area contributed by atoms with Gasteiger partial charge in [0, 0.05) is 56.6 Å². The molecule has 446 valence electrons. The molecule has 2 saturated heterocycles. The van der Waals surface area contributed by atoms with Gasteiger partial charge >= 0.3 is 11.4 Å². The Balaban J connectivity index is 0.000000233. The topological polar surface area (TPSA) is 254 Å². The van der Waals surface area contributed by atoms with Crippen molar-refractivity contribution >= 4 is 54.9 Å². The largest absolute Gasteiger partial charge is 0.496 e. The van der Waals surface area contributed by atoms with Crippen molar-refractivity contribution in [3.8, 4) is 21.5 Å². The predicted octanol–water partition coefficient (Wildman–Crippen LogP) is 5.42. The highest BCUT2D eigenvalue weighted by atomic mass is 32.1. The standard InChI is InChI=1S/C27H31FN6O6S.C26H29FN6O6S.2CH4/c1-16-21-22(35)33(27(2)8-11-31(3)25(27)36)26(37)32(24(21)41-23(16)34-29-9-10-30-34)15-20(40-13-12-38-4)18-14-17(28)6-7-19(18)39-5;1-15-20-21(34)32(26(2)7-8-28-24(26)35)25(36)31(23(20)40-22(15)33-29-9-10-30-33)14-19(39-12-11-37-3)17-13-16(27)5-6-18(17)38-4;;/h6-7,9-10,14,20H,8,11-13,15H2,1-5H3;5-6,9-10,13,19H,7-8,11-12,14H2,1-4H3,(H,28,35);2*1H4/t20-,27+;19-,26+;;/m00../s1. The first-order valence-corrected chi connectivity index (χ1v) is 27.2. The normalized spacial score (nSPS) is 17.5. The minimum atomic E-state index is -1.40.